The lowest BCUT2D eigenvalue weighted by molar-refractivity contribution is -0.133. The van der Waals surface area contributed by atoms with Gasteiger partial charge in [0.25, 0.3) is 0 Å². The summed E-state index contributed by atoms with van der Waals surface area (Å²) in [6.07, 6.45) is 5.66. The Hall–Kier alpha value is -2.10. The molecular formula is C19H26N2O2. The number of amides is 2. The quantitative estimate of drug-likeness (QED) is 0.850. The summed E-state index contributed by atoms with van der Waals surface area (Å²) in [5, 5.41) is 3.03. The van der Waals surface area contributed by atoms with Gasteiger partial charge in [0.2, 0.25) is 11.8 Å². The molecule has 1 aliphatic heterocycles. The van der Waals surface area contributed by atoms with Crippen LogP contribution in [-0.2, 0) is 9.59 Å². The average Bonchev–Trinajstić information content (AvgIpc) is 2.54. The largest absolute Gasteiger partial charge is 0.350 e. The molecule has 0 bridgehead atoms. The first-order valence-electron chi connectivity index (χ1n) is 8.36. The van der Waals surface area contributed by atoms with E-state index in [0.29, 0.717) is 12.3 Å². The van der Waals surface area contributed by atoms with Gasteiger partial charge in [-0.15, -0.1) is 0 Å². The molecule has 1 heterocycles. The summed E-state index contributed by atoms with van der Waals surface area (Å²) in [6, 6.07) is 9.92. The summed E-state index contributed by atoms with van der Waals surface area (Å²) < 4.78 is 0. The number of likely N-dealkylation sites (tertiary alicyclic amines) is 1. The van der Waals surface area contributed by atoms with Gasteiger partial charge in [-0.05, 0) is 30.4 Å². The van der Waals surface area contributed by atoms with Crippen molar-refractivity contribution in [1.29, 1.82) is 0 Å². The van der Waals surface area contributed by atoms with E-state index in [1.807, 2.05) is 41.3 Å². The predicted molar refractivity (Wildman–Crippen MR) is 92.7 cm³/mol. The molecule has 0 spiro atoms. The Morgan fingerprint density at radius 3 is 2.48 bits per heavy atom. The topological polar surface area (TPSA) is 49.4 Å². The number of hydrogen-bond donors (Lipinski definition) is 1. The second-order valence-electron chi connectivity index (χ2n) is 6.51. The Balaban J connectivity index is 1.74. The van der Waals surface area contributed by atoms with Crippen molar-refractivity contribution in [1.82, 2.24) is 10.2 Å². The molecule has 1 N–H and O–H groups in total. The van der Waals surface area contributed by atoms with Crippen LogP contribution in [0.2, 0.25) is 0 Å². The van der Waals surface area contributed by atoms with E-state index in [4.69, 9.17) is 0 Å². The van der Waals surface area contributed by atoms with Crippen molar-refractivity contribution < 1.29 is 9.59 Å². The van der Waals surface area contributed by atoms with E-state index in [0.717, 1.165) is 31.5 Å². The van der Waals surface area contributed by atoms with Crippen LogP contribution < -0.4 is 5.32 Å². The summed E-state index contributed by atoms with van der Waals surface area (Å²) in [5.41, 5.74) is 1.01. The molecule has 1 aromatic carbocycles. The van der Waals surface area contributed by atoms with Crippen molar-refractivity contribution >= 4 is 17.9 Å². The zero-order valence-corrected chi connectivity index (χ0v) is 14.0. The maximum absolute atomic E-state index is 12.0. The van der Waals surface area contributed by atoms with E-state index in [1.54, 1.807) is 6.08 Å². The summed E-state index contributed by atoms with van der Waals surface area (Å²) >= 11 is 0. The number of hydrogen-bond acceptors (Lipinski definition) is 2. The van der Waals surface area contributed by atoms with Gasteiger partial charge in [0.05, 0.1) is 0 Å². The molecule has 0 unspecified atom stereocenters. The third-order valence-corrected chi connectivity index (χ3v) is 4.00. The molecule has 4 heteroatoms. The van der Waals surface area contributed by atoms with Gasteiger partial charge in [-0.2, -0.15) is 0 Å². The van der Waals surface area contributed by atoms with E-state index >= 15 is 0 Å². The third-order valence-electron chi connectivity index (χ3n) is 4.00. The molecule has 1 saturated heterocycles. The zero-order chi connectivity index (χ0) is 16.7. The molecule has 1 aliphatic rings. The lowest BCUT2D eigenvalue weighted by Gasteiger charge is -2.32. The minimum atomic E-state index is -0.0687. The Bertz CT molecular complexity index is 544. The molecule has 0 saturated carbocycles. The Morgan fingerprint density at radius 2 is 1.87 bits per heavy atom. The Labute approximate surface area is 138 Å². The van der Waals surface area contributed by atoms with Crippen molar-refractivity contribution in [2.75, 3.05) is 13.1 Å². The second kappa shape index (κ2) is 8.51. The fourth-order valence-corrected chi connectivity index (χ4v) is 2.74. The van der Waals surface area contributed by atoms with Gasteiger partial charge in [-0.3, -0.25) is 9.59 Å². The highest BCUT2D eigenvalue weighted by Crippen LogP contribution is 2.13. The van der Waals surface area contributed by atoms with Crippen LogP contribution in [0.1, 0.15) is 38.7 Å². The molecule has 0 atom stereocenters. The Kier molecular flexibility index (Phi) is 6.39. The number of nitrogens with one attached hydrogen (secondary N) is 1. The molecule has 124 valence electrons. The number of carbonyl (C=O) groups excluding carboxylic acids is 2. The monoisotopic (exact) mass is 314 g/mol. The van der Waals surface area contributed by atoms with Gasteiger partial charge in [-0.1, -0.05) is 44.2 Å². The highest BCUT2D eigenvalue weighted by Gasteiger charge is 2.23. The SMILES string of the molecule is CC(C)CC(=O)N1CCC(NC(=O)/C=C/c2ccccc2)CC1. The standard InChI is InChI=1S/C19H26N2O2/c1-15(2)14-19(23)21-12-10-17(11-13-21)20-18(22)9-8-16-6-4-3-5-7-16/h3-9,15,17H,10-14H2,1-2H3,(H,20,22)/b9-8+. The van der Waals surface area contributed by atoms with Crippen molar-refractivity contribution in [2.45, 2.75) is 39.2 Å². The lowest BCUT2D eigenvalue weighted by Crippen LogP contribution is -2.46. The molecular weight excluding hydrogens is 288 g/mol. The molecule has 23 heavy (non-hydrogen) atoms. The molecule has 0 aliphatic carbocycles. The van der Waals surface area contributed by atoms with Crippen molar-refractivity contribution in [3.8, 4) is 0 Å². The van der Waals surface area contributed by atoms with Crippen LogP contribution in [0, 0.1) is 5.92 Å². The van der Waals surface area contributed by atoms with Crippen LogP contribution in [0.15, 0.2) is 36.4 Å². The van der Waals surface area contributed by atoms with E-state index in [1.165, 1.54) is 0 Å². The molecule has 0 aromatic heterocycles. The molecule has 1 aromatic rings. The minimum Gasteiger partial charge on any atom is -0.350 e. The maximum atomic E-state index is 12.0. The number of nitrogens with zero attached hydrogens (tertiary/aromatic N) is 1. The fraction of sp³-hybridized carbons (Fsp3) is 0.474. The molecule has 2 rings (SSSR count). The predicted octanol–water partition coefficient (Wildman–Crippen LogP) is 2.85. The van der Waals surface area contributed by atoms with Crippen LogP contribution >= 0.6 is 0 Å². The van der Waals surface area contributed by atoms with Crippen LogP contribution in [0.5, 0.6) is 0 Å². The van der Waals surface area contributed by atoms with Crippen molar-refractivity contribution in [2.24, 2.45) is 5.92 Å². The number of benzene rings is 1. The first-order valence-corrected chi connectivity index (χ1v) is 8.36. The summed E-state index contributed by atoms with van der Waals surface area (Å²) in [4.78, 5) is 25.9. The number of rotatable bonds is 5. The number of carbonyl (C=O) groups is 2. The van der Waals surface area contributed by atoms with Gasteiger partial charge in [-0.25, -0.2) is 0 Å². The van der Waals surface area contributed by atoms with Crippen LogP contribution in [0.4, 0.5) is 0 Å². The van der Waals surface area contributed by atoms with Gasteiger partial charge in [0.15, 0.2) is 0 Å². The zero-order valence-electron chi connectivity index (χ0n) is 14.0. The van der Waals surface area contributed by atoms with E-state index in [-0.39, 0.29) is 17.9 Å². The molecule has 4 nitrogen and oxygen atoms in total. The van der Waals surface area contributed by atoms with Gasteiger partial charge >= 0.3 is 0 Å². The first kappa shape index (κ1) is 17.3. The average molecular weight is 314 g/mol. The van der Waals surface area contributed by atoms with E-state index in [2.05, 4.69) is 19.2 Å². The summed E-state index contributed by atoms with van der Waals surface area (Å²) in [6.45, 7) is 5.59. The van der Waals surface area contributed by atoms with Crippen LogP contribution in [0.3, 0.4) is 0 Å². The maximum Gasteiger partial charge on any atom is 0.244 e. The Morgan fingerprint density at radius 1 is 1.22 bits per heavy atom. The normalized spacial score (nSPS) is 16.0. The smallest absolute Gasteiger partial charge is 0.244 e. The van der Waals surface area contributed by atoms with E-state index < -0.39 is 0 Å². The second-order valence-corrected chi connectivity index (χ2v) is 6.51. The highest BCUT2D eigenvalue weighted by molar-refractivity contribution is 5.91. The summed E-state index contributed by atoms with van der Waals surface area (Å²) in [7, 11) is 0. The van der Waals surface area contributed by atoms with Gasteiger partial charge in [0, 0.05) is 31.6 Å². The van der Waals surface area contributed by atoms with Gasteiger partial charge < -0.3 is 10.2 Å². The molecule has 2 amide bonds. The van der Waals surface area contributed by atoms with Crippen molar-refractivity contribution in [3.05, 3.63) is 42.0 Å². The lowest BCUT2D eigenvalue weighted by atomic mass is 10.0. The minimum absolute atomic E-state index is 0.0687. The highest BCUT2D eigenvalue weighted by atomic mass is 16.2. The van der Waals surface area contributed by atoms with Gasteiger partial charge in [0.1, 0.15) is 0 Å². The van der Waals surface area contributed by atoms with Crippen molar-refractivity contribution in [3.63, 3.8) is 0 Å². The fourth-order valence-electron chi connectivity index (χ4n) is 2.74. The van der Waals surface area contributed by atoms with Crippen LogP contribution in [-0.4, -0.2) is 35.8 Å². The van der Waals surface area contributed by atoms with E-state index in [9.17, 15) is 9.59 Å². The number of piperidine rings is 1. The first-order chi connectivity index (χ1) is 11.0. The third kappa shape index (κ3) is 5.89. The molecule has 1 fully saturated rings. The summed E-state index contributed by atoms with van der Waals surface area (Å²) in [5.74, 6) is 0.553. The molecule has 0 radical (unpaired) electrons. The van der Waals surface area contributed by atoms with Crippen LogP contribution in [0.25, 0.3) is 6.08 Å².